The quantitative estimate of drug-likeness (QED) is 0.888. The van der Waals surface area contributed by atoms with Crippen molar-refractivity contribution in [3.63, 3.8) is 0 Å². The van der Waals surface area contributed by atoms with Crippen LogP contribution in [0.1, 0.15) is 19.4 Å². The Morgan fingerprint density at radius 1 is 1.40 bits per heavy atom. The molecule has 0 spiro atoms. The third-order valence-corrected chi connectivity index (χ3v) is 3.11. The lowest BCUT2D eigenvalue weighted by Gasteiger charge is -2.16. The number of carbonyl (C=O) groups is 1. The van der Waals surface area contributed by atoms with E-state index in [1.165, 1.54) is 6.39 Å². The van der Waals surface area contributed by atoms with Gasteiger partial charge >= 0.3 is 0 Å². The zero-order chi connectivity index (χ0) is 14.7. The molecule has 2 aromatic rings. The summed E-state index contributed by atoms with van der Waals surface area (Å²) >= 11 is 0. The van der Waals surface area contributed by atoms with Crippen LogP contribution >= 0.6 is 0 Å². The number of benzene rings is 1. The number of aryl methyl sites for hydroxylation is 1. The number of amides is 1. The minimum absolute atomic E-state index is 0.0907. The van der Waals surface area contributed by atoms with Crippen LogP contribution in [0.2, 0.25) is 0 Å². The fraction of sp³-hybridized carbons (Fsp3) is 0.357. The first kappa shape index (κ1) is 14.2. The standard InChI is InChI=1S/C14H18N4O2/c1-8(2)12(15)13(19)17-11-5-4-10(6-9(11)3)14-18-16-7-20-14/h4-8,12H,15H2,1-3H3,(H,17,19)/t12-/m0/s1. The van der Waals surface area contributed by atoms with Gasteiger partial charge in [0.2, 0.25) is 18.2 Å². The summed E-state index contributed by atoms with van der Waals surface area (Å²) in [6.45, 7) is 5.72. The number of nitrogens with two attached hydrogens (primary N) is 1. The highest BCUT2D eigenvalue weighted by atomic mass is 16.4. The molecule has 1 aromatic heterocycles. The highest BCUT2D eigenvalue weighted by Gasteiger charge is 2.18. The third kappa shape index (κ3) is 3.03. The van der Waals surface area contributed by atoms with Crippen molar-refractivity contribution in [2.45, 2.75) is 26.8 Å². The average Bonchev–Trinajstić information content (AvgIpc) is 2.93. The molecule has 0 fully saturated rings. The van der Waals surface area contributed by atoms with Gasteiger partial charge in [-0.15, -0.1) is 10.2 Å². The van der Waals surface area contributed by atoms with Crippen molar-refractivity contribution in [1.29, 1.82) is 0 Å². The summed E-state index contributed by atoms with van der Waals surface area (Å²) in [4.78, 5) is 11.9. The first-order valence-electron chi connectivity index (χ1n) is 6.42. The minimum Gasteiger partial charge on any atom is -0.423 e. The normalized spacial score (nSPS) is 12.4. The predicted molar refractivity (Wildman–Crippen MR) is 75.9 cm³/mol. The fourth-order valence-corrected chi connectivity index (χ4v) is 1.75. The highest BCUT2D eigenvalue weighted by Crippen LogP contribution is 2.23. The maximum absolute atomic E-state index is 11.9. The topological polar surface area (TPSA) is 94.0 Å². The molecule has 6 nitrogen and oxygen atoms in total. The van der Waals surface area contributed by atoms with Crippen molar-refractivity contribution < 1.29 is 9.21 Å². The van der Waals surface area contributed by atoms with Gasteiger partial charge in [-0.1, -0.05) is 13.8 Å². The van der Waals surface area contributed by atoms with E-state index < -0.39 is 6.04 Å². The first-order chi connectivity index (χ1) is 9.49. The van der Waals surface area contributed by atoms with Gasteiger partial charge in [0.25, 0.3) is 0 Å². The number of rotatable bonds is 4. The van der Waals surface area contributed by atoms with E-state index in [4.69, 9.17) is 10.2 Å². The summed E-state index contributed by atoms with van der Waals surface area (Å²) in [7, 11) is 0. The van der Waals surface area contributed by atoms with Gasteiger partial charge in [-0.3, -0.25) is 4.79 Å². The second kappa shape index (κ2) is 5.83. The van der Waals surface area contributed by atoms with Crippen molar-refractivity contribution in [3.05, 3.63) is 30.2 Å². The SMILES string of the molecule is Cc1cc(-c2nnco2)ccc1NC(=O)[C@@H](N)C(C)C. The predicted octanol–water partition coefficient (Wildman–Crippen LogP) is 1.97. The van der Waals surface area contributed by atoms with E-state index >= 15 is 0 Å². The number of nitrogens with zero attached hydrogens (tertiary/aromatic N) is 2. The molecule has 2 rings (SSSR count). The monoisotopic (exact) mass is 274 g/mol. The molecule has 0 bridgehead atoms. The van der Waals surface area contributed by atoms with Gasteiger partial charge in [-0.2, -0.15) is 0 Å². The van der Waals surface area contributed by atoms with Crippen LogP contribution < -0.4 is 11.1 Å². The van der Waals surface area contributed by atoms with Gasteiger partial charge in [-0.25, -0.2) is 0 Å². The molecule has 0 radical (unpaired) electrons. The molecule has 0 aliphatic carbocycles. The molecular formula is C14H18N4O2. The van der Waals surface area contributed by atoms with Gasteiger partial charge in [0, 0.05) is 11.3 Å². The van der Waals surface area contributed by atoms with E-state index in [9.17, 15) is 4.79 Å². The van der Waals surface area contributed by atoms with Gasteiger partial charge in [-0.05, 0) is 36.6 Å². The summed E-state index contributed by atoms with van der Waals surface area (Å²) in [6, 6.07) is 4.98. The summed E-state index contributed by atoms with van der Waals surface area (Å²) in [5, 5.41) is 10.3. The van der Waals surface area contributed by atoms with Gasteiger partial charge in [0.15, 0.2) is 0 Å². The van der Waals surface area contributed by atoms with Crippen molar-refractivity contribution >= 4 is 11.6 Å². The Labute approximate surface area is 117 Å². The van der Waals surface area contributed by atoms with E-state index in [1.807, 2.05) is 32.9 Å². The Morgan fingerprint density at radius 3 is 2.70 bits per heavy atom. The van der Waals surface area contributed by atoms with E-state index in [-0.39, 0.29) is 11.8 Å². The van der Waals surface area contributed by atoms with Crippen molar-refractivity contribution in [1.82, 2.24) is 10.2 Å². The molecule has 1 amide bonds. The Bertz CT molecular complexity index is 593. The number of aromatic nitrogens is 2. The van der Waals surface area contributed by atoms with Crippen LogP contribution in [-0.4, -0.2) is 22.1 Å². The molecule has 106 valence electrons. The van der Waals surface area contributed by atoms with Crippen molar-refractivity contribution in [3.8, 4) is 11.5 Å². The first-order valence-corrected chi connectivity index (χ1v) is 6.42. The molecule has 0 aliphatic heterocycles. The van der Waals surface area contributed by atoms with Gasteiger partial charge in [0.1, 0.15) is 0 Å². The Hall–Kier alpha value is -2.21. The maximum atomic E-state index is 11.9. The Kier molecular flexibility index (Phi) is 4.14. The molecule has 1 aromatic carbocycles. The van der Waals surface area contributed by atoms with E-state index in [0.717, 1.165) is 16.8 Å². The average molecular weight is 274 g/mol. The molecule has 3 N–H and O–H groups in total. The van der Waals surface area contributed by atoms with Crippen LogP contribution in [0.4, 0.5) is 5.69 Å². The molecule has 1 heterocycles. The Morgan fingerprint density at radius 2 is 2.15 bits per heavy atom. The largest absolute Gasteiger partial charge is 0.423 e. The smallest absolute Gasteiger partial charge is 0.247 e. The highest BCUT2D eigenvalue weighted by molar-refractivity contribution is 5.95. The number of nitrogens with one attached hydrogen (secondary N) is 1. The van der Waals surface area contributed by atoms with Gasteiger partial charge < -0.3 is 15.5 Å². The van der Waals surface area contributed by atoms with Crippen LogP contribution in [-0.2, 0) is 4.79 Å². The molecular weight excluding hydrogens is 256 g/mol. The summed E-state index contributed by atoms with van der Waals surface area (Å²) in [5.41, 5.74) is 8.27. The second-order valence-corrected chi connectivity index (χ2v) is 5.03. The summed E-state index contributed by atoms with van der Waals surface area (Å²) in [5.74, 6) is 0.353. The third-order valence-electron chi connectivity index (χ3n) is 3.11. The molecule has 0 unspecified atom stereocenters. The summed E-state index contributed by atoms with van der Waals surface area (Å²) < 4.78 is 5.14. The number of hydrogen-bond acceptors (Lipinski definition) is 5. The van der Waals surface area contributed by atoms with E-state index in [2.05, 4.69) is 15.5 Å². The molecule has 0 saturated heterocycles. The molecule has 1 atom stereocenters. The number of hydrogen-bond donors (Lipinski definition) is 2. The number of anilines is 1. The Balaban J connectivity index is 2.16. The van der Waals surface area contributed by atoms with Crippen LogP contribution in [0.5, 0.6) is 0 Å². The summed E-state index contributed by atoms with van der Waals surface area (Å²) in [6.07, 6.45) is 1.28. The van der Waals surface area contributed by atoms with Gasteiger partial charge in [0.05, 0.1) is 6.04 Å². The molecule has 0 aliphatic rings. The van der Waals surface area contributed by atoms with Crippen LogP contribution in [0.25, 0.3) is 11.5 Å². The van der Waals surface area contributed by atoms with Crippen molar-refractivity contribution in [2.24, 2.45) is 11.7 Å². The lowest BCUT2D eigenvalue weighted by atomic mass is 10.0. The van der Waals surface area contributed by atoms with E-state index in [1.54, 1.807) is 6.07 Å². The van der Waals surface area contributed by atoms with Crippen LogP contribution in [0.15, 0.2) is 29.0 Å². The molecule has 0 saturated carbocycles. The number of carbonyl (C=O) groups excluding carboxylic acids is 1. The second-order valence-electron chi connectivity index (χ2n) is 5.03. The minimum atomic E-state index is -0.523. The lowest BCUT2D eigenvalue weighted by Crippen LogP contribution is -2.39. The molecule has 20 heavy (non-hydrogen) atoms. The fourth-order valence-electron chi connectivity index (χ4n) is 1.75. The van der Waals surface area contributed by atoms with Crippen LogP contribution in [0, 0.1) is 12.8 Å². The van der Waals surface area contributed by atoms with E-state index in [0.29, 0.717) is 5.89 Å². The van der Waals surface area contributed by atoms with Crippen LogP contribution in [0.3, 0.4) is 0 Å². The zero-order valence-electron chi connectivity index (χ0n) is 11.8. The van der Waals surface area contributed by atoms with Crippen molar-refractivity contribution in [2.75, 3.05) is 5.32 Å². The lowest BCUT2D eigenvalue weighted by molar-refractivity contribution is -0.118. The molecule has 6 heteroatoms. The zero-order valence-corrected chi connectivity index (χ0v) is 11.8. The maximum Gasteiger partial charge on any atom is 0.247 e.